The van der Waals surface area contributed by atoms with Crippen LogP contribution in [0.2, 0.25) is 0 Å². The van der Waals surface area contributed by atoms with Gasteiger partial charge in [-0.1, -0.05) is 104 Å². The van der Waals surface area contributed by atoms with Crippen molar-refractivity contribution < 1.29 is 9.53 Å². The second-order valence-electron chi connectivity index (χ2n) is 7.65. The highest BCUT2D eigenvalue weighted by Crippen LogP contribution is 2.15. The van der Waals surface area contributed by atoms with Crippen molar-refractivity contribution in [3.8, 4) is 0 Å². The monoisotopic (exact) mass is 354 g/mol. The van der Waals surface area contributed by atoms with Crippen molar-refractivity contribution in [1.29, 1.82) is 0 Å². The summed E-state index contributed by atoms with van der Waals surface area (Å²) in [5.41, 5.74) is 0. The Balaban J connectivity index is 3.47. The van der Waals surface area contributed by atoms with E-state index >= 15 is 0 Å². The van der Waals surface area contributed by atoms with E-state index in [4.69, 9.17) is 4.74 Å². The molecule has 0 aliphatic heterocycles. The first kappa shape index (κ1) is 24.5. The van der Waals surface area contributed by atoms with Crippen molar-refractivity contribution in [2.75, 3.05) is 0 Å². The van der Waals surface area contributed by atoms with Crippen LogP contribution in [0.15, 0.2) is 0 Å². The molecule has 0 aromatic rings. The van der Waals surface area contributed by atoms with Gasteiger partial charge in [-0.2, -0.15) is 0 Å². The number of unbranched alkanes of at least 4 members (excludes halogenated alkanes) is 13. The summed E-state index contributed by atoms with van der Waals surface area (Å²) in [7, 11) is 0. The van der Waals surface area contributed by atoms with Crippen LogP contribution in [0.4, 0.5) is 0 Å². The van der Waals surface area contributed by atoms with E-state index in [2.05, 4.69) is 20.8 Å². The van der Waals surface area contributed by atoms with Crippen LogP contribution in [-0.4, -0.2) is 12.1 Å². The van der Waals surface area contributed by atoms with Gasteiger partial charge in [-0.05, 0) is 25.7 Å². The molecule has 0 N–H and O–H groups in total. The maximum Gasteiger partial charge on any atom is 0.306 e. The normalized spacial score (nSPS) is 12.3. The van der Waals surface area contributed by atoms with Crippen molar-refractivity contribution in [2.24, 2.45) is 0 Å². The maximum atomic E-state index is 11.9. The van der Waals surface area contributed by atoms with E-state index in [0.29, 0.717) is 6.42 Å². The summed E-state index contributed by atoms with van der Waals surface area (Å²) >= 11 is 0. The Morgan fingerprint density at radius 1 is 0.640 bits per heavy atom. The van der Waals surface area contributed by atoms with Gasteiger partial charge in [0.15, 0.2) is 0 Å². The Labute approximate surface area is 158 Å². The highest BCUT2D eigenvalue weighted by molar-refractivity contribution is 5.69. The molecule has 0 aromatic heterocycles. The van der Waals surface area contributed by atoms with Crippen LogP contribution in [0.1, 0.15) is 136 Å². The summed E-state index contributed by atoms with van der Waals surface area (Å²) in [6.07, 6.45) is 22.3. The molecule has 0 fully saturated rings. The predicted octanol–water partition coefficient (Wildman–Crippen LogP) is 7.98. The Hall–Kier alpha value is -0.530. The second-order valence-corrected chi connectivity index (χ2v) is 7.65. The number of carbonyl (C=O) groups is 1. The average Bonchev–Trinajstić information content (AvgIpc) is 2.62. The summed E-state index contributed by atoms with van der Waals surface area (Å²) in [6, 6.07) is 0. The van der Waals surface area contributed by atoms with Gasteiger partial charge < -0.3 is 4.74 Å². The fourth-order valence-electron chi connectivity index (χ4n) is 3.32. The topological polar surface area (TPSA) is 26.3 Å². The van der Waals surface area contributed by atoms with Crippen LogP contribution in [0.3, 0.4) is 0 Å². The third-order valence-corrected chi connectivity index (χ3v) is 5.12. The third kappa shape index (κ3) is 18.1. The number of ether oxygens (including phenoxy) is 1. The van der Waals surface area contributed by atoms with Crippen LogP contribution in [-0.2, 0) is 9.53 Å². The molecule has 0 amide bonds. The highest BCUT2D eigenvalue weighted by Gasteiger charge is 2.12. The lowest BCUT2D eigenvalue weighted by atomic mass is 10.0. The van der Waals surface area contributed by atoms with Gasteiger partial charge in [0.2, 0.25) is 0 Å². The lowest BCUT2D eigenvalue weighted by Crippen LogP contribution is -2.17. The Morgan fingerprint density at radius 3 is 1.56 bits per heavy atom. The summed E-state index contributed by atoms with van der Waals surface area (Å²) in [6.45, 7) is 6.62. The van der Waals surface area contributed by atoms with Crippen LogP contribution in [0.25, 0.3) is 0 Å². The fourth-order valence-corrected chi connectivity index (χ4v) is 3.32. The third-order valence-electron chi connectivity index (χ3n) is 5.12. The number of carbonyl (C=O) groups excluding carboxylic acids is 1. The molecule has 0 rings (SSSR count). The van der Waals surface area contributed by atoms with Gasteiger partial charge in [0.05, 0.1) is 0 Å². The molecule has 0 radical (unpaired) electrons. The van der Waals surface area contributed by atoms with E-state index in [1.165, 1.54) is 83.5 Å². The molecule has 25 heavy (non-hydrogen) atoms. The van der Waals surface area contributed by atoms with Gasteiger partial charge in [0.25, 0.3) is 0 Å². The molecular formula is C23H46O2. The molecule has 0 aliphatic rings. The van der Waals surface area contributed by atoms with Crippen LogP contribution >= 0.6 is 0 Å². The molecular weight excluding hydrogens is 308 g/mol. The second kappa shape index (κ2) is 19.8. The standard InChI is InChI=1S/C23H46O2/c1-4-7-9-11-12-13-14-15-17-18-20-22(6-3)25-23(24)21-19-16-10-8-5-2/h22H,4-21H2,1-3H3. The van der Waals surface area contributed by atoms with Crippen LogP contribution in [0.5, 0.6) is 0 Å². The SMILES string of the molecule is CCCCCCCCCCCCC(CC)OC(=O)CCCCCCC. The van der Waals surface area contributed by atoms with Crippen molar-refractivity contribution in [2.45, 2.75) is 142 Å². The van der Waals surface area contributed by atoms with Gasteiger partial charge >= 0.3 is 5.97 Å². The van der Waals surface area contributed by atoms with E-state index in [1.54, 1.807) is 0 Å². The molecule has 0 saturated heterocycles. The van der Waals surface area contributed by atoms with Gasteiger partial charge in [0, 0.05) is 6.42 Å². The number of esters is 1. The molecule has 1 atom stereocenters. The predicted molar refractivity (Wildman–Crippen MR) is 110 cm³/mol. The van der Waals surface area contributed by atoms with Crippen molar-refractivity contribution >= 4 is 5.97 Å². The lowest BCUT2D eigenvalue weighted by molar-refractivity contribution is -0.149. The molecule has 0 heterocycles. The lowest BCUT2D eigenvalue weighted by Gasteiger charge is -2.16. The fraction of sp³-hybridized carbons (Fsp3) is 0.957. The van der Waals surface area contributed by atoms with Gasteiger partial charge in [-0.25, -0.2) is 0 Å². The van der Waals surface area contributed by atoms with Crippen LogP contribution < -0.4 is 0 Å². The minimum absolute atomic E-state index is 0.0235. The zero-order valence-electron chi connectivity index (χ0n) is 17.6. The molecule has 2 heteroatoms. The minimum atomic E-state index is 0.0235. The largest absolute Gasteiger partial charge is 0.462 e. The molecule has 0 spiro atoms. The minimum Gasteiger partial charge on any atom is -0.462 e. The van der Waals surface area contributed by atoms with E-state index in [9.17, 15) is 4.79 Å². The Kier molecular flexibility index (Phi) is 19.4. The van der Waals surface area contributed by atoms with Crippen molar-refractivity contribution in [3.05, 3.63) is 0 Å². The maximum absolute atomic E-state index is 11.9. The van der Waals surface area contributed by atoms with Gasteiger partial charge in [-0.15, -0.1) is 0 Å². The highest BCUT2D eigenvalue weighted by atomic mass is 16.5. The van der Waals surface area contributed by atoms with E-state index in [0.717, 1.165) is 25.7 Å². The molecule has 0 aliphatic carbocycles. The van der Waals surface area contributed by atoms with Crippen LogP contribution in [0, 0.1) is 0 Å². The van der Waals surface area contributed by atoms with E-state index in [-0.39, 0.29) is 12.1 Å². The molecule has 0 saturated carbocycles. The van der Waals surface area contributed by atoms with E-state index < -0.39 is 0 Å². The van der Waals surface area contributed by atoms with Gasteiger partial charge in [0.1, 0.15) is 6.10 Å². The first-order valence-corrected chi connectivity index (χ1v) is 11.4. The van der Waals surface area contributed by atoms with Crippen molar-refractivity contribution in [1.82, 2.24) is 0 Å². The Bertz CT molecular complexity index is 275. The summed E-state index contributed by atoms with van der Waals surface area (Å²) in [5, 5.41) is 0. The number of hydrogen-bond donors (Lipinski definition) is 0. The molecule has 1 unspecified atom stereocenters. The average molecular weight is 355 g/mol. The Morgan fingerprint density at radius 2 is 1.08 bits per heavy atom. The molecule has 0 bridgehead atoms. The first-order valence-electron chi connectivity index (χ1n) is 11.4. The molecule has 150 valence electrons. The molecule has 2 nitrogen and oxygen atoms in total. The quantitative estimate of drug-likeness (QED) is 0.173. The summed E-state index contributed by atoms with van der Waals surface area (Å²) < 4.78 is 5.65. The summed E-state index contributed by atoms with van der Waals surface area (Å²) in [4.78, 5) is 11.9. The first-order chi connectivity index (χ1) is 12.2. The summed E-state index contributed by atoms with van der Waals surface area (Å²) in [5.74, 6) is 0.0235. The van der Waals surface area contributed by atoms with Gasteiger partial charge in [-0.3, -0.25) is 4.79 Å². The zero-order chi connectivity index (χ0) is 18.6. The number of rotatable bonds is 19. The van der Waals surface area contributed by atoms with Crippen molar-refractivity contribution in [3.63, 3.8) is 0 Å². The number of hydrogen-bond acceptors (Lipinski definition) is 2. The smallest absolute Gasteiger partial charge is 0.306 e. The van der Waals surface area contributed by atoms with E-state index in [1.807, 2.05) is 0 Å². The zero-order valence-corrected chi connectivity index (χ0v) is 17.6. The molecule has 0 aromatic carbocycles.